The molecule has 0 N–H and O–H groups in total. The van der Waals surface area contributed by atoms with Crippen LogP contribution in [0.1, 0.15) is 19.8 Å². The molecule has 0 radical (unpaired) electrons. The Hall–Kier alpha value is -0.120. The fourth-order valence-corrected chi connectivity index (χ4v) is 2.62. The van der Waals surface area contributed by atoms with E-state index in [0.29, 0.717) is 5.41 Å². The molecule has 2 rings (SSSR count). The molecule has 2 aliphatic heterocycles. The van der Waals surface area contributed by atoms with Gasteiger partial charge in [-0.2, -0.15) is 0 Å². The van der Waals surface area contributed by atoms with E-state index < -0.39 is 0 Å². The molecule has 0 atom stereocenters. The highest BCUT2D eigenvalue weighted by molar-refractivity contribution is 4.84. The Morgan fingerprint density at radius 2 is 1.67 bits per heavy atom. The summed E-state index contributed by atoms with van der Waals surface area (Å²) in [6.07, 6.45) is 2.70. The molecular weight excluding hydrogens is 188 g/mol. The Balaban J connectivity index is 1.81. The van der Waals surface area contributed by atoms with Gasteiger partial charge in [0, 0.05) is 19.6 Å². The van der Waals surface area contributed by atoms with Crippen molar-refractivity contribution < 1.29 is 4.74 Å². The van der Waals surface area contributed by atoms with E-state index in [1.54, 1.807) is 0 Å². The second kappa shape index (κ2) is 4.81. The van der Waals surface area contributed by atoms with Crippen molar-refractivity contribution in [3.63, 3.8) is 0 Å². The van der Waals surface area contributed by atoms with Gasteiger partial charge in [0.2, 0.25) is 0 Å². The number of morpholine rings is 1. The molecule has 0 bridgehead atoms. The molecule has 3 nitrogen and oxygen atoms in total. The number of ether oxygens (including phenoxy) is 1. The van der Waals surface area contributed by atoms with Crippen molar-refractivity contribution in [1.29, 1.82) is 0 Å². The monoisotopic (exact) mass is 212 g/mol. The van der Waals surface area contributed by atoms with Gasteiger partial charge in [0.25, 0.3) is 0 Å². The highest BCUT2D eigenvalue weighted by atomic mass is 16.5. The standard InChI is InChI=1S/C12H24N2O/c1-12(3-5-13(2)6-4-12)11-14-7-9-15-10-8-14/h3-11H2,1-2H3. The molecule has 0 spiro atoms. The minimum atomic E-state index is 0.545. The van der Waals surface area contributed by atoms with Gasteiger partial charge >= 0.3 is 0 Å². The third kappa shape index (κ3) is 3.16. The lowest BCUT2D eigenvalue weighted by molar-refractivity contribution is 0.00596. The van der Waals surface area contributed by atoms with Crippen molar-refractivity contribution in [2.45, 2.75) is 19.8 Å². The van der Waals surface area contributed by atoms with Gasteiger partial charge in [-0.05, 0) is 38.4 Å². The lowest BCUT2D eigenvalue weighted by Crippen LogP contribution is -2.46. The van der Waals surface area contributed by atoms with Crippen LogP contribution in [0.15, 0.2) is 0 Å². The minimum absolute atomic E-state index is 0.545. The van der Waals surface area contributed by atoms with Crippen LogP contribution < -0.4 is 0 Å². The van der Waals surface area contributed by atoms with E-state index in [1.807, 2.05) is 0 Å². The first kappa shape index (κ1) is 11.4. The summed E-state index contributed by atoms with van der Waals surface area (Å²) in [5, 5.41) is 0. The lowest BCUT2D eigenvalue weighted by atomic mass is 9.80. The third-order valence-electron chi connectivity index (χ3n) is 3.90. The highest BCUT2D eigenvalue weighted by Crippen LogP contribution is 2.31. The zero-order valence-electron chi connectivity index (χ0n) is 10.2. The molecule has 2 fully saturated rings. The van der Waals surface area contributed by atoms with E-state index in [4.69, 9.17) is 4.74 Å². The van der Waals surface area contributed by atoms with Crippen LogP contribution in [-0.4, -0.2) is 62.8 Å². The second-order valence-corrected chi connectivity index (χ2v) is 5.50. The molecule has 3 heteroatoms. The van der Waals surface area contributed by atoms with Gasteiger partial charge in [-0.15, -0.1) is 0 Å². The lowest BCUT2D eigenvalue weighted by Gasteiger charge is -2.42. The normalized spacial score (nSPS) is 29.2. The molecule has 88 valence electrons. The van der Waals surface area contributed by atoms with Crippen molar-refractivity contribution in [3.8, 4) is 0 Å². The van der Waals surface area contributed by atoms with E-state index >= 15 is 0 Å². The van der Waals surface area contributed by atoms with E-state index in [1.165, 1.54) is 32.5 Å². The molecular formula is C12H24N2O. The van der Waals surface area contributed by atoms with Gasteiger partial charge in [-0.25, -0.2) is 0 Å². The van der Waals surface area contributed by atoms with Crippen LogP contribution in [0.2, 0.25) is 0 Å². The topological polar surface area (TPSA) is 15.7 Å². The fraction of sp³-hybridized carbons (Fsp3) is 1.00. The van der Waals surface area contributed by atoms with Crippen LogP contribution in [0.4, 0.5) is 0 Å². The summed E-state index contributed by atoms with van der Waals surface area (Å²) < 4.78 is 5.39. The molecule has 0 aromatic carbocycles. The van der Waals surface area contributed by atoms with Crippen molar-refractivity contribution in [2.75, 3.05) is 53.0 Å². The van der Waals surface area contributed by atoms with Crippen LogP contribution in [0.5, 0.6) is 0 Å². The van der Waals surface area contributed by atoms with E-state index in [-0.39, 0.29) is 0 Å². The Morgan fingerprint density at radius 1 is 1.07 bits per heavy atom. The largest absolute Gasteiger partial charge is 0.379 e. The summed E-state index contributed by atoms with van der Waals surface area (Å²) >= 11 is 0. The molecule has 0 amide bonds. The summed E-state index contributed by atoms with van der Waals surface area (Å²) in [6, 6.07) is 0. The van der Waals surface area contributed by atoms with E-state index in [0.717, 1.165) is 26.3 Å². The second-order valence-electron chi connectivity index (χ2n) is 5.50. The van der Waals surface area contributed by atoms with Crippen molar-refractivity contribution in [2.24, 2.45) is 5.41 Å². The van der Waals surface area contributed by atoms with Gasteiger partial charge in [0.1, 0.15) is 0 Å². The zero-order chi connectivity index (χ0) is 10.7. The summed E-state index contributed by atoms with van der Waals surface area (Å²) in [6.45, 7) is 10.4. The van der Waals surface area contributed by atoms with E-state index in [9.17, 15) is 0 Å². The van der Waals surface area contributed by atoms with Gasteiger partial charge in [-0.3, -0.25) is 4.90 Å². The number of hydrogen-bond acceptors (Lipinski definition) is 3. The number of piperidine rings is 1. The molecule has 0 aromatic rings. The predicted molar refractivity (Wildman–Crippen MR) is 62.1 cm³/mol. The van der Waals surface area contributed by atoms with Crippen molar-refractivity contribution in [3.05, 3.63) is 0 Å². The molecule has 0 aromatic heterocycles. The molecule has 2 aliphatic rings. The Morgan fingerprint density at radius 3 is 2.27 bits per heavy atom. The van der Waals surface area contributed by atoms with Crippen LogP contribution in [0, 0.1) is 5.41 Å². The Bertz CT molecular complexity index is 194. The van der Waals surface area contributed by atoms with Crippen molar-refractivity contribution >= 4 is 0 Å². The van der Waals surface area contributed by atoms with Gasteiger partial charge in [0.15, 0.2) is 0 Å². The average Bonchev–Trinajstić information content (AvgIpc) is 2.24. The summed E-state index contributed by atoms with van der Waals surface area (Å²) in [4.78, 5) is 5.02. The van der Waals surface area contributed by atoms with Gasteiger partial charge < -0.3 is 9.64 Å². The fourth-order valence-electron chi connectivity index (χ4n) is 2.62. The zero-order valence-corrected chi connectivity index (χ0v) is 10.2. The molecule has 0 unspecified atom stereocenters. The Labute approximate surface area is 93.4 Å². The number of rotatable bonds is 2. The smallest absolute Gasteiger partial charge is 0.0594 e. The number of nitrogens with zero attached hydrogens (tertiary/aromatic N) is 2. The van der Waals surface area contributed by atoms with Crippen LogP contribution in [-0.2, 0) is 4.74 Å². The summed E-state index contributed by atoms with van der Waals surface area (Å²) in [7, 11) is 2.23. The first-order valence-corrected chi connectivity index (χ1v) is 6.17. The first-order chi connectivity index (χ1) is 7.18. The summed E-state index contributed by atoms with van der Waals surface area (Å²) in [5.41, 5.74) is 0.545. The number of likely N-dealkylation sites (tertiary alicyclic amines) is 1. The predicted octanol–water partition coefficient (Wildman–Crippen LogP) is 1.05. The maximum Gasteiger partial charge on any atom is 0.0594 e. The molecule has 2 saturated heterocycles. The SMILES string of the molecule is CN1CCC(C)(CN2CCOCC2)CC1. The highest BCUT2D eigenvalue weighted by Gasteiger charge is 2.31. The van der Waals surface area contributed by atoms with E-state index in [2.05, 4.69) is 23.8 Å². The molecule has 0 aliphatic carbocycles. The molecule has 2 heterocycles. The third-order valence-corrected chi connectivity index (χ3v) is 3.90. The van der Waals surface area contributed by atoms with Crippen LogP contribution in [0.3, 0.4) is 0 Å². The maximum absolute atomic E-state index is 5.39. The quantitative estimate of drug-likeness (QED) is 0.680. The van der Waals surface area contributed by atoms with Crippen LogP contribution >= 0.6 is 0 Å². The number of hydrogen-bond donors (Lipinski definition) is 0. The van der Waals surface area contributed by atoms with Gasteiger partial charge in [0.05, 0.1) is 13.2 Å². The van der Waals surface area contributed by atoms with Crippen molar-refractivity contribution in [1.82, 2.24) is 9.80 Å². The van der Waals surface area contributed by atoms with Crippen LogP contribution in [0.25, 0.3) is 0 Å². The first-order valence-electron chi connectivity index (χ1n) is 6.17. The summed E-state index contributed by atoms with van der Waals surface area (Å²) in [5.74, 6) is 0. The average molecular weight is 212 g/mol. The van der Waals surface area contributed by atoms with Gasteiger partial charge in [-0.1, -0.05) is 6.92 Å². The minimum Gasteiger partial charge on any atom is -0.379 e. The Kier molecular flexibility index (Phi) is 3.65. The molecule has 15 heavy (non-hydrogen) atoms. The maximum atomic E-state index is 5.39. The molecule has 0 saturated carbocycles.